The number of nitrogens with one attached hydrogen (secondary N) is 1. The fourth-order valence-corrected chi connectivity index (χ4v) is 1.93. The Bertz CT molecular complexity index is 654. The molecule has 110 valence electrons. The van der Waals surface area contributed by atoms with Gasteiger partial charge in [-0.3, -0.25) is 19.6 Å². The van der Waals surface area contributed by atoms with Gasteiger partial charge in [0.25, 0.3) is 11.6 Å². The number of nitro groups is 1. The molecule has 1 aromatic carbocycles. The molecule has 0 spiro atoms. The van der Waals surface area contributed by atoms with Gasteiger partial charge in [0.05, 0.1) is 11.5 Å². The second-order valence-electron chi connectivity index (χ2n) is 4.64. The van der Waals surface area contributed by atoms with Gasteiger partial charge in [0.1, 0.15) is 5.56 Å². The topological polar surface area (TPSA) is 116 Å². The molecule has 2 rings (SSSR count). The highest BCUT2D eigenvalue weighted by Crippen LogP contribution is 2.21. The first kappa shape index (κ1) is 14.5. The SMILES string of the molecule is CC(Cn1cccn1)NC(=O)c1cc(N)ccc1[N+](=O)[O-]. The van der Waals surface area contributed by atoms with Gasteiger partial charge in [0, 0.05) is 30.2 Å². The van der Waals surface area contributed by atoms with Crippen molar-refractivity contribution in [2.24, 2.45) is 0 Å². The van der Waals surface area contributed by atoms with Crippen LogP contribution in [0.3, 0.4) is 0 Å². The highest BCUT2D eigenvalue weighted by Gasteiger charge is 2.21. The van der Waals surface area contributed by atoms with E-state index in [9.17, 15) is 14.9 Å². The zero-order valence-electron chi connectivity index (χ0n) is 11.4. The Balaban J connectivity index is 2.12. The summed E-state index contributed by atoms with van der Waals surface area (Å²) in [5.41, 5.74) is 5.57. The third-order valence-electron chi connectivity index (χ3n) is 2.86. The molecule has 0 radical (unpaired) electrons. The number of nitrogens with zero attached hydrogens (tertiary/aromatic N) is 3. The van der Waals surface area contributed by atoms with Crippen molar-refractivity contribution < 1.29 is 9.72 Å². The second-order valence-corrected chi connectivity index (χ2v) is 4.64. The number of amides is 1. The van der Waals surface area contributed by atoms with Gasteiger partial charge >= 0.3 is 0 Å². The van der Waals surface area contributed by atoms with Crippen LogP contribution in [0.5, 0.6) is 0 Å². The predicted octanol–water partition coefficient (Wildman–Crippen LogP) is 1.19. The van der Waals surface area contributed by atoms with Crippen LogP contribution in [-0.2, 0) is 6.54 Å². The van der Waals surface area contributed by atoms with Crippen LogP contribution >= 0.6 is 0 Å². The van der Waals surface area contributed by atoms with Gasteiger partial charge in [-0.15, -0.1) is 0 Å². The predicted molar refractivity (Wildman–Crippen MR) is 76.7 cm³/mol. The maximum atomic E-state index is 12.2. The normalized spacial score (nSPS) is 11.9. The molecule has 0 fully saturated rings. The molecule has 0 aliphatic heterocycles. The number of nitro benzene ring substituents is 1. The van der Waals surface area contributed by atoms with Gasteiger partial charge in [-0.05, 0) is 25.1 Å². The number of aromatic nitrogens is 2. The van der Waals surface area contributed by atoms with Crippen molar-refractivity contribution >= 4 is 17.3 Å². The molecule has 8 heteroatoms. The van der Waals surface area contributed by atoms with Crippen LogP contribution in [0.15, 0.2) is 36.7 Å². The van der Waals surface area contributed by atoms with E-state index in [4.69, 9.17) is 5.73 Å². The molecule has 0 aliphatic rings. The molecule has 1 heterocycles. The van der Waals surface area contributed by atoms with Gasteiger partial charge in [-0.2, -0.15) is 5.10 Å². The van der Waals surface area contributed by atoms with Gasteiger partial charge in [0.15, 0.2) is 0 Å². The van der Waals surface area contributed by atoms with Gasteiger partial charge in [-0.25, -0.2) is 0 Å². The third-order valence-corrected chi connectivity index (χ3v) is 2.86. The number of rotatable bonds is 5. The van der Waals surface area contributed by atoms with Crippen molar-refractivity contribution in [3.8, 4) is 0 Å². The minimum absolute atomic E-state index is 0.0488. The Morgan fingerprint density at radius 2 is 2.33 bits per heavy atom. The quantitative estimate of drug-likeness (QED) is 0.487. The smallest absolute Gasteiger partial charge is 0.282 e. The highest BCUT2D eigenvalue weighted by molar-refractivity contribution is 5.99. The minimum atomic E-state index is -0.605. The first-order chi connectivity index (χ1) is 9.97. The largest absolute Gasteiger partial charge is 0.399 e. The Morgan fingerprint density at radius 1 is 1.57 bits per heavy atom. The lowest BCUT2D eigenvalue weighted by Gasteiger charge is -2.14. The van der Waals surface area contributed by atoms with E-state index >= 15 is 0 Å². The Labute approximate surface area is 120 Å². The maximum absolute atomic E-state index is 12.2. The summed E-state index contributed by atoms with van der Waals surface area (Å²) in [5, 5.41) is 17.7. The number of nitrogens with two attached hydrogens (primary N) is 1. The van der Waals surface area contributed by atoms with E-state index in [-0.39, 0.29) is 17.3 Å². The van der Waals surface area contributed by atoms with Gasteiger partial charge in [0.2, 0.25) is 0 Å². The summed E-state index contributed by atoms with van der Waals surface area (Å²) in [5.74, 6) is -0.534. The molecule has 0 saturated heterocycles. The summed E-state index contributed by atoms with van der Waals surface area (Å²) in [6, 6.07) is 5.45. The van der Waals surface area contributed by atoms with Crippen molar-refractivity contribution in [2.45, 2.75) is 19.5 Å². The summed E-state index contributed by atoms with van der Waals surface area (Å²) >= 11 is 0. The summed E-state index contributed by atoms with van der Waals surface area (Å²) < 4.78 is 1.67. The molecule has 3 N–H and O–H groups in total. The fourth-order valence-electron chi connectivity index (χ4n) is 1.93. The lowest BCUT2D eigenvalue weighted by Crippen LogP contribution is -2.36. The Morgan fingerprint density at radius 3 is 2.95 bits per heavy atom. The first-order valence-corrected chi connectivity index (χ1v) is 6.29. The standard InChI is InChI=1S/C13H15N5O3/c1-9(8-17-6-2-5-15-17)16-13(19)11-7-10(14)3-4-12(11)18(20)21/h2-7,9H,8,14H2,1H3,(H,16,19). The molecule has 1 amide bonds. The first-order valence-electron chi connectivity index (χ1n) is 6.29. The lowest BCUT2D eigenvalue weighted by molar-refractivity contribution is -0.385. The van der Waals surface area contributed by atoms with Crippen LogP contribution in [0.4, 0.5) is 11.4 Å². The molecular weight excluding hydrogens is 274 g/mol. The lowest BCUT2D eigenvalue weighted by atomic mass is 10.1. The highest BCUT2D eigenvalue weighted by atomic mass is 16.6. The maximum Gasteiger partial charge on any atom is 0.282 e. The van der Waals surface area contributed by atoms with E-state index in [1.54, 1.807) is 30.1 Å². The molecule has 2 aromatic rings. The molecule has 1 aromatic heterocycles. The average Bonchev–Trinajstić information content (AvgIpc) is 2.90. The number of carbonyl (C=O) groups excluding carboxylic acids is 1. The monoisotopic (exact) mass is 289 g/mol. The van der Waals surface area contributed by atoms with E-state index in [0.29, 0.717) is 12.2 Å². The van der Waals surface area contributed by atoms with Crippen molar-refractivity contribution in [3.05, 3.63) is 52.3 Å². The Kier molecular flexibility index (Phi) is 4.17. The van der Waals surface area contributed by atoms with E-state index < -0.39 is 10.8 Å². The van der Waals surface area contributed by atoms with E-state index in [1.807, 2.05) is 0 Å². The van der Waals surface area contributed by atoms with Crippen molar-refractivity contribution in [3.63, 3.8) is 0 Å². The summed E-state index contributed by atoms with van der Waals surface area (Å²) in [4.78, 5) is 22.5. The van der Waals surface area contributed by atoms with Crippen molar-refractivity contribution in [2.75, 3.05) is 5.73 Å². The van der Waals surface area contributed by atoms with Gasteiger partial charge in [-0.1, -0.05) is 0 Å². The summed E-state index contributed by atoms with van der Waals surface area (Å²) in [6.45, 7) is 2.26. The van der Waals surface area contributed by atoms with E-state index in [1.165, 1.54) is 18.2 Å². The number of nitrogen functional groups attached to an aromatic ring is 1. The van der Waals surface area contributed by atoms with Crippen LogP contribution in [0.25, 0.3) is 0 Å². The zero-order chi connectivity index (χ0) is 15.4. The summed E-state index contributed by atoms with van der Waals surface area (Å²) in [7, 11) is 0. The van der Waals surface area contributed by atoms with Crippen molar-refractivity contribution in [1.29, 1.82) is 0 Å². The fraction of sp³-hybridized carbons (Fsp3) is 0.231. The second kappa shape index (κ2) is 6.04. The van der Waals surface area contributed by atoms with Crippen molar-refractivity contribution in [1.82, 2.24) is 15.1 Å². The van der Waals surface area contributed by atoms with E-state index in [0.717, 1.165) is 0 Å². The molecule has 0 aliphatic carbocycles. The minimum Gasteiger partial charge on any atom is -0.399 e. The molecule has 0 saturated carbocycles. The third kappa shape index (κ3) is 3.56. The molecule has 0 bridgehead atoms. The average molecular weight is 289 g/mol. The molecule has 21 heavy (non-hydrogen) atoms. The van der Waals surface area contributed by atoms with Crippen LogP contribution in [0, 0.1) is 10.1 Å². The molecule has 1 atom stereocenters. The molecular formula is C13H15N5O3. The van der Waals surface area contributed by atoms with Crippen LogP contribution in [0.1, 0.15) is 17.3 Å². The number of anilines is 1. The van der Waals surface area contributed by atoms with Crippen LogP contribution in [-0.4, -0.2) is 26.7 Å². The number of benzene rings is 1. The molecule has 8 nitrogen and oxygen atoms in total. The zero-order valence-corrected chi connectivity index (χ0v) is 11.4. The van der Waals surface area contributed by atoms with E-state index in [2.05, 4.69) is 10.4 Å². The Hall–Kier alpha value is -2.90. The number of carbonyl (C=O) groups is 1. The number of hydrogen-bond acceptors (Lipinski definition) is 5. The number of hydrogen-bond donors (Lipinski definition) is 2. The van der Waals surface area contributed by atoms with Crippen LogP contribution in [0.2, 0.25) is 0 Å². The summed E-state index contributed by atoms with van der Waals surface area (Å²) in [6.07, 6.45) is 3.41. The van der Waals surface area contributed by atoms with Gasteiger partial charge < -0.3 is 11.1 Å². The van der Waals surface area contributed by atoms with Crippen LogP contribution < -0.4 is 11.1 Å². The molecule has 1 unspecified atom stereocenters.